The van der Waals surface area contributed by atoms with Crippen molar-refractivity contribution in [1.29, 1.82) is 0 Å². The van der Waals surface area contributed by atoms with Gasteiger partial charge in [0.15, 0.2) is 0 Å². The molecule has 17 heavy (non-hydrogen) atoms. The molecule has 1 amide bonds. The minimum atomic E-state index is -0.444. The van der Waals surface area contributed by atoms with Gasteiger partial charge in [0.2, 0.25) is 5.91 Å². The summed E-state index contributed by atoms with van der Waals surface area (Å²) in [6.45, 7) is 3.88. The summed E-state index contributed by atoms with van der Waals surface area (Å²) >= 11 is 0. The summed E-state index contributed by atoms with van der Waals surface area (Å²) in [5.41, 5.74) is 0.479. The van der Waals surface area contributed by atoms with Gasteiger partial charge in [-0.1, -0.05) is 18.6 Å². The summed E-state index contributed by atoms with van der Waals surface area (Å²) < 4.78 is 12.8. The van der Waals surface area contributed by atoms with Gasteiger partial charge in [-0.2, -0.15) is 0 Å². The van der Waals surface area contributed by atoms with Crippen LogP contribution in [-0.4, -0.2) is 5.91 Å². The molecule has 0 unspecified atom stereocenters. The zero-order valence-corrected chi connectivity index (χ0v) is 10.3. The lowest BCUT2D eigenvalue weighted by Gasteiger charge is -2.32. The first-order valence-electron chi connectivity index (χ1n) is 6.07. The highest BCUT2D eigenvalue weighted by atomic mass is 19.1. The number of rotatable bonds is 3. The molecule has 0 spiro atoms. The van der Waals surface area contributed by atoms with Crippen LogP contribution in [-0.2, 0) is 10.3 Å². The third kappa shape index (κ3) is 2.65. The molecular weight excluding hydrogens is 217 g/mol. The molecule has 1 N–H and O–H groups in total. The van der Waals surface area contributed by atoms with Crippen LogP contribution in [0.5, 0.6) is 0 Å². The Morgan fingerprint density at radius 1 is 1.29 bits per heavy atom. The van der Waals surface area contributed by atoms with Crippen molar-refractivity contribution in [2.24, 2.45) is 5.92 Å². The van der Waals surface area contributed by atoms with Crippen LogP contribution < -0.4 is 5.32 Å². The second-order valence-corrected chi connectivity index (χ2v) is 5.25. The van der Waals surface area contributed by atoms with Gasteiger partial charge in [-0.25, -0.2) is 4.39 Å². The van der Waals surface area contributed by atoms with E-state index in [9.17, 15) is 9.18 Å². The molecule has 1 aliphatic rings. The fourth-order valence-electron chi connectivity index (χ4n) is 2.02. The predicted molar refractivity (Wildman–Crippen MR) is 64.9 cm³/mol. The highest BCUT2D eigenvalue weighted by Gasteiger charge is 2.30. The van der Waals surface area contributed by atoms with Gasteiger partial charge in [-0.15, -0.1) is 0 Å². The standard InChI is InChI=1S/C14H18FNO/c1-14(2,11-6-8-12(15)9-7-11)16-13(17)10-4-3-5-10/h6-10H,3-5H2,1-2H3,(H,16,17). The van der Waals surface area contributed by atoms with Gasteiger partial charge in [-0.05, 0) is 44.4 Å². The van der Waals surface area contributed by atoms with Crippen molar-refractivity contribution in [2.75, 3.05) is 0 Å². The summed E-state index contributed by atoms with van der Waals surface area (Å²) in [4.78, 5) is 11.9. The number of hydrogen-bond donors (Lipinski definition) is 1. The second kappa shape index (κ2) is 4.47. The minimum absolute atomic E-state index is 0.116. The summed E-state index contributed by atoms with van der Waals surface area (Å²) in [5.74, 6) is 0.0372. The zero-order chi connectivity index (χ0) is 12.5. The van der Waals surface area contributed by atoms with Gasteiger partial charge in [0.1, 0.15) is 5.82 Å². The molecule has 1 aromatic rings. The molecule has 3 heteroatoms. The number of carbonyl (C=O) groups is 1. The van der Waals surface area contributed by atoms with E-state index in [-0.39, 0.29) is 17.6 Å². The van der Waals surface area contributed by atoms with E-state index >= 15 is 0 Å². The van der Waals surface area contributed by atoms with Crippen molar-refractivity contribution < 1.29 is 9.18 Å². The monoisotopic (exact) mass is 235 g/mol. The van der Waals surface area contributed by atoms with Crippen LogP contribution in [0.2, 0.25) is 0 Å². The highest BCUT2D eigenvalue weighted by Crippen LogP contribution is 2.28. The van der Waals surface area contributed by atoms with Crippen molar-refractivity contribution >= 4 is 5.91 Å². The Labute approximate surface area is 101 Å². The minimum Gasteiger partial charge on any atom is -0.347 e. The van der Waals surface area contributed by atoms with Crippen LogP contribution in [0.1, 0.15) is 38.7 Å². The Kier molecular flexibility index (Phi) is 3.18. The highest BCUT2D eigenvalue weighted by molar-refractivity contribution is 5.80. The fraction of sp³-hybridized carbons (Fsp3) is 0.500. The average Bonchev–Trinajstić information content (AvgIpc) is 2.14. The van der Waals surface area contributed by atoms with E-state index in [0.29, 0.717) is 0 Å². The molecule has 2 rings (SSSR count). The fourth-order valence-corrected chi connectivity index (χ4v) is 2.02. The lowest BCUT2D eigenvalue weighted by molar-refractivity contribution is -0.129. The third-order valence-electron chi connectivity index (χ3n) is 3.48. The first-order chi connectivity index (χ1) is 7.99. The van der Waals surface area contributed by atoms with Gasteiger partial charge in [-0.3, -0.25) is 4.79 Å². The van der Waals surface area contributed by atoms with Crippen LogP contribution in [0.15, 0.2) is 24.3 Å². The van der Waals surface area contributed by atoms with Crippen molar-refractivity contribution in [3.05, 3.63) is 35.6 Å². The van der Waals surface area contributed by atoms with Crippen LogP contribution in [0.4, 0.5) is 4.39 Å². The van der Waals surface area contributed by atoms with E-state index in [2.05, 4.69) is 5.32 Å². The lowest BCUT2D eigenvalue weighted by Crippen LogP contribution is -2.45. The molecule has 1 saturated carbocycles. The van der Waals surface area contributed by atoms with E-state index < -0.39 is 5.54 Å². The molecule has 0 aromatic heterocycles. The molecule has 0 bridgehead atoms. The van der Waals surface area contributed by atoms with Crippen LogP contribution in [0, 0.1) is 11.7 Å². The Bertz CT molecular complexity index is 407. The first-order valence-corrected chi connectivity index (χ1v) is 6.07. The summed E-state index contributed by atoms with van der Waals surface area (Å²) in [6, 6.07) is 6.28. The summed E-state index contributed by atoms with van der Waals surface area (Å²) in [5, 5.41) is 3.03. The van der Waals surface area contributed by atoms with Gasteiger partial charge >= 0.3 is 0 Å². The van der Waals surface area contributed by atoms with Crippen molar-refractivity contribution in [3.63, 3.8) is 0 Å². The van der Waals surface area contributed by atoms with E-state index in [0.717, 1.165) is 24.8 Å². The molecule has 0 saturated heterocycles. The summed E-state index contributed by atoms with van der Waals surface area (Å²) in [6.07, 6.45) is 3.13. The molecule has 1 aromatic carbocycles. The molecule has 2 nitrogen and oxygen atoms in total. The van der Waals surface area contributed by atoms with E-state index in [1.165, 1.54) is 12.1 Å². The smallest absolute Gasteiger partial charge is 0.223 e. The largest absolute Gasteiger partial charge is 0.347 e. The number of halogens is 1. The Balaban J connectivity index is 2.06. The SMILES string of the molecule is CC(C)(NC(=O)C1CCC1)c1ccc(F)cc1. The zero-order valence-electron chi connectivity index (χ0n) is 10.3. The topological polar surface area (TPSA) is 29.1 Å². The van der Waals surface area contributed by atoms with Gasteiger partial charge in [0, 0.05) is 5.92 Å². The average molecular weight is 235 g/mol. The first kappa shape index (κ1) is 12.1. The lowest BCUT2D eigenvalue weighted by atomic mass is 9.83. The number of carbonyl (C=O) groups excluding carboxylic acids is 1. The molecule has 1 fully saturated rings. The van der Waals surface area contributed by atoms with E-state index in [1.54, 1.807) is 12.1 Å². The molecule has 0 radical (unpaired) electrons. The van der Waals surface area contributed by atoms with Gasteiger partial charge in [0.25, 0.3) is 0 Å². The van der Waals surface area contributed by atoms with Crippen LogP contribution >= 0.6 is 0 Å². The van der Waals surface area contributed by atoms with E-state index in [1.807, 2.05) is 13.8 Å². The Morgan fingerprint density at radius 2 is 1.88 bits per heavy atom. The molecule has 0 heterocycles. The third-order valence-corrected chi connectivity index (χ3v) is 3.48. The number of hydrogen-bond acceptors (Lipinski definition) is 1. The number of benzene rings is 1. The van der Waals surface area contributed by atoms with Crippen molar-refractivity contribution in [1.82, 2.24) is 5.32 Å². The number of amides is 1. The number of nitrogens with one attached hydrogen (secondary N) is 1. The van der Waals surface area contributed by atoms with Crippen molar-refractivity contribution in [3.8, 4) is 0 Å². The Morgan fingerprint density at radius 3 is 2.35 bits per heavy atom. The Hall–Kier alpha value is -1.38. The molecule has 0 atom stereocenters. The maximum atomic E-state index is 12.8. The maximum Gasteiger partial charge on any atom is 0.223 e. The quantitative estimate of drug-likeness (QED) is 0.857. The molecule has 0 aliphatic heterocycles. The second-order valence-electron chi connectivity index (χ2n) is 5.25. The molecular formula is C14H18FNO. The van der Waals surface area contributed by atoms with Gasteiger partial charge in [0.05, 0.1) is 5.54 Å². The van der Waals surface area contributed by atoms with Crippen molar-refractivity contribution in [2.45, 2.75) is 38.6 Å². The summed E-state index contributed by atoms with van der Waals surface area (Å²) in [7, 11) is 0. The van der Waals surface area contributed by atoms with Crippen LogP contribution in [0.3, 0.4) is 0 Å². The maximum absolute atomic E-state index is 12.8. The molecule has 1 aliphatic carbocycles. The molecule has 92 valence electrons. The predicted octanol–water partition coefficient (Wildman–Crippen LogP) is 2.98. The normalized spacial score (nSPS) is 16.4. The van der Waals surface area contributed by atoms with Gasteiger partial charge < -0.3 is 5.32 Å². The van der Waals surface area contributed by atoms with E-state index in [4.69, 9.17) is 0 Å². The van der Waals surface area contributed by atoms with Crippen LogP contribution in [0.25, 0.3) is 0 Å².